The van der Waals surface area contributed by atoms with Crippen molar-refractivity contribution in [1.82, 2.24) is 0 Å². The van der Waals surface area contributed by atoms with E-state index in [4.69, 9.17) is 0 Å². The van der Waals surface area contributed by atoms with Gasteiger partial charge < -0.3 is 0 Å². The number of hydrogen-bond donors (Lipinski definition) is 1. The van der Waals surface area contributed by atoms with Crippen molar-refractivity contribution in [1.29, 1.82) is 0 Å². The summed E-state index contributed by atoms with van der Waals surface area (Å²) in [5.74, 6) is -4.42. The molecular formula is C6H4F2N2O6S. The van der Waals surface area contributed by atoms with E-state index in [9.17, 15) is 37.4 Å². The lowest BCUT2D eigenvalue weighted by Gasteiger charge is -2.22. The van der Waals surface area contributed by atoms with Gasteiger partial charge in [0, 0.05) is 6.08 Å². The summed E-state index contributed by atoms with van der Waals surface area (Å²) < 4.78 is 47.6. The molecular weight excluding hydrogens is 266 g/mol. The highest BCUT2D eigenvalue weighted by Crippen LogP contribution is 2.39. The van der Waals surface area contributed by atoms with Gasteiger partial charge in [0.05, 0.1) is 11.0 Å². The minimum atomic E-state index is -4.42. The Labute approximate surface area is 93.5 Å². The lowest BCUT2D eigenvalue weighted by molar-refractivity contribution is -0.801. The largest absolute Gasteiger partial charge is 0.544 e. The van der Waals surface area contributed by atoms with Gasteiger partial charge in [0.25, 0.3) is 0 Å². The highest BCUT2D eigenvalue weighted by molar-refractivity contribution is 7.77. The molecule has 0 aromatic carbocycles. The van der Waals surface area contributed by atoms with Crippen molar-refractivity contribution in [2.75, 3.05) is 0 Å². The predicted octanol–water partition coefficient (Wildman–Crippen LogP) is -0.0635. The molecule has 0 bridgehead atoms. The Hall–Kier alpha value is -1.91. The van der Waals surface area contributed by atoms with Gasteiger partial charge in [-0.25, -0.2) is 8.42 Å². The van der Waals surface area contributed by atoms with E-state index >= 15 is 0 Å². The molecule has 1 aliphatic rings. The normalized spacial score (nSPS) is 21.0. The maximum atomic E-state index is 13.3. The number of rotatable bonds is 3. The molecule has 1 rings (SSSR count). The van der Waals surface area contributed by atoms with E-state index in [2.05, 4.69) is 0 Å². The summed E-state index contributed by atoms with van der Waals surface area (Å²) in [4.78, 5) is 16.5. The zero-order chi connectivity index (χ0) is 13.4. The highest BCUT2D eigenvalue weighted by atomic mass is 32.2. The molecule has 0 N–H and O–H groups in total. The van der Waals surface area contributed by atoms with Crippen LogP contribution in [0.4, 0.5) is 8.78 Å². The molecule has 94 valence electrons. The first kappa shape index (κ1) is 13.2. The van der Waals surface area contributed by atoms with Crippen molar-refractivity contribution in [3.63, 3.8) is 0 Å². The van der Waals surface area contributed by atoms with Crippen LogP contribution in [0.1, 0.15) is 0 Å². The van der Waals surface area contributed by atoms with Gasteiger partial charge in [0.15, 0.2) is 10.7 Å². The van der Waals surface area contributed by atoms with Crippen molar-refractivity contribution in [3.05, 3.63) is 43.4 Å². The maximum absolute atomic E-state index is 13.3. The molecule has 0 unspecified atom stereocenters. The number of allylic oxidation sites excluding steroid dienone is 1. The molecule has 0 radical (unpaired) electrons. The van der Waals surface area contributed by atoms with Crippen molar-refractivity contribution < 1.29 is 27.0 Å². The van der Waals surface area contributed by atoms with Gasteiger partial charge in [0.2, 0.25) is 0 Å². The minimum absolute atomic E-state index is 0.168. The molecule has 0 saturated carbocycles. The molecule has 0 heterocycles. The monoisotopic (exact) mass is 270 g/mol. The van der Waals surface area contributed by atoms with Crippen molar-refractivity contribution in [3.8, 4) is 0 Å². The third-order valence-electron chi connectivity index (χ3n) is 2.07. The SMILES string of the molecule is O=[N+]([O-])C1([N+](=O)[O-])C=C([SH](=O)=O)C=CC1(F)F. The topological polar surface area (TPSA) is 120 Å². The van der Waals surface area contributed by atoms with Crippen molar-refractivity contribution in [2.24, 2.45) is 0 Å². The van der Waals surface area contributed by atoms with E-state index in [0.29, 0.717) is 6.08 Å². The molecule has 0 amide bonds. The van der Waals surface area contributed by atoms with E-state index in [0.717, 1.165) is 0 Å². The number of nitro groups is 2. The quantitative estimate of drug-likeness (QED) is 0.332. The molecule has 0 aromatic rings. The van der Waals surface area contributed by atoms with E-state index in [1.165, 1.54) is 0 Å². The minimum Gasteiger partial charge on any atom is -0.258 e. The van der Waals surface area contributed by atoms with Crippen LogP contribution in [-0.2, 0) is 10.7 Å². The summed E-state index contributed by atoms with van der Waals surface area (Å²) in [6, 6.07) is 0. The number of thiol groups is 1. The van der Waals surface area contributed by atoms with Gasteiger partial charge in [-0.3, -0.25) is 20.2 Å². The number of nitrogens with zero attached hydrogens (tertiary/aromatic N) is 2. The van der Waals surface area contributed by atoms with Gasteiger partial charge >= 0.3 is 11.6 Å². The van der Waals surface area contributed by atoms with Crippen LogP contribution in [0.15, 0.2) is 23.1 Å². The Morgan fingerprint density at radius 1 is 1.18 bits per heavy atom. The molecule has 0 aliphatic heterocycles. The van der Waals surface area contributed by atoms with Crippen LogP contribution in [0.2, 0.25) is 0 Å². The summed E-state index contributed by atoms with van der Waals surface area (Å²) >= 11 is 0. The molecule has 0 aromatic heterocycles. The Balaban J connectivity index is 3.59. The van der Waals surface area contributed by atoms with Crippen LogP contribution in [0, 0.1) is 20.2 Å². The molecule has 11 heteroatoms. The Kier molecular flexibility index (Phi) is 2.97. The fourth-order valence-electron chi connectivity index (χ4n) is 1.19. The third kappa shape index (κ3) is 1.77. The van der Waals surface area contributed by atoms with Gasteiger partial charge in [0.1, 0.15) is 9.85 Å². The Morgan fingerprint density at radius 2 is 1.65 bits per heavy atom. The van der Waals surface area contributed by atoms with Crippen molar-refractivity contribution in [2.45, 2.75) is 11.6 Å². The van der Waals surface area contributed by atoms with Crippen LogP contribution in [0.3, 0.4) is 0 Å². The second-order valence-corrected chi connectivity index (χ2v) is 4.05. The van der Waals surface area contributed by atoms with Crippen LogP contribution < -0.4 is 0 Å². The van der Waals surface area contributed by atoms with E-state index in [1.54, 1.807) is 0 Å². The zero-order valence-electron chi connectivity index (χ0n) is 7.78. The first-order chi connectivity index (χ1) is 7.65. The van der Waals surface area contributed by atoms with Crippen molar-refractivity contribution >= 4 is 10.7 Å². The lowest BCUT2D eigenvalue weighted by Crippen LogP contribution is -2.58. The summed E-state index contributed by atoms with van der Waals surface area (Å²) in [5, 5.41) is 21.0. The second kappa shape index (κ2) is 3.84. The highest BCUT2D eigenvalue weighted by Gasteiger charge is 2.74. The molecule has 1 aliphatic carbocycles. The van der Waals surface area contributed by atoms with Gasteiger partial charge in [-0.05, 0) is 6.08 Å². The molecule has 0 fully saturated rings. The van der Waals surface area contributed by atoms with E-state index in [1.807, 2.05) is 0 Å². The smallest absolute Gasteiger partial charge is 0.258 e. The van der Waals surface area contributed by atoms with Gasteiger partial charge in [-0.2, -0.15) is 8.78 Å². The molecule has 17 heavy (non-hydrogen) atoms. The van der Waals surface area contributed by atoms with Crippen LogP contribution in [-0.4, -0.2) is 29.8 Å². The molecule has 8 nitrogen and oxygen atoms in total. The molecule has 0 saturated heterocycles. The Bertz CT molecular complexity index is 501. The maximum Gasteiger partial charge on any atom is 0.544 e. The van der Waals surface area contributed by atoms with Gasteiger partial charge in [-0.1, -0.05) is 0 Å². The number of halogens is 2. The van der Waals surface area contributed by atoms with E-state index < -0.39 is 37.0 Å². The number of alkyl halides is 2. The fourth-order valence-corrected chi connectivity index (χ4v) is 1.67. The average molecular weight is 270 g/mol. The fraction of sp³-hybridized carbons (Fsp3) is 0.333. The van der Waals surface area contributed by atoms with Crippen LogP contribution in [0.5, 0.6) is 0 Å². The molecule has 0 atom stereocenters. The summed E-state index contributed by atoms with van der Waals surface area (Å²) in [6.07, 6.45) is 0.0503. The van der Waals surface area contributed by atoms with Crippen LogP contribution >= 0.6 is 0 Å². The zero-order valence-corrected chi connectivity index (χ0v) is 8.67. The second-order valence-electron chi connectivity index (χ2n) is 3.02. The third-order valence-corrected chi connectivity index (χ3v) is 2.77. The van der Waals surface area contributed by atoms with Crippen LogP contribution in [0.25, 0.3) is 0 Å². The summed E-state index contributed by atoms with van der Waals surface area (Å²) in [5.41, 5.74) is -3.99. The first-order valence-corrected chi connectivity index (χ1v) is 5.06. The van der Waals surface area contributed by atoms with E-state index in [-0.39, 0.29) is 12.2 Å². The predicted molar refractivity (Wildman–Crippen MR) is 49.2 cm³/mol. The van der Waals surface area contributed by atoms with Gasteiger partial charge in [-0.15, -0.1) is 0 Å². The number of hydrogen-bond acceptors (Lipinski definition) is 6. The average Bonchev–Trinajstić information content (AvgIpc) is 2.15. The molecule has 0 spiro atoms. The lowest BCUT2D eigenvalue weighted by atomic mass is 9.98. The summed E-state index contributed by atoms with van der Waals surface area (Å²) in [7, 11) is -3.44. The first-order valence-electron chi connectivity index (χ1n) is 3.88. The Morgan fingerprint density at radius 3 is 2.00 bits per heavy atom. The summed E-state index contributed by atoms with van der Waals surface area (Å²) in [6.45, 7) is 0. The standard InChI is InChI=1S/C6H4F2N2O6S/c7-5(8)2-1-4(17(15)16)3-6(5,9(11)12)10(13)14/h1-3,17H.